The van der Waals surface area contributed by atoms with Gasteiger partial charge in [0.25, 0.3) is 0 Å². The van der Waals surface area contributed by atoms with Gasteiger partial charge in [-0.15, -0.1) is 0 Å². The summed E-state index contributed by atoms with van der Waals surface area (Å²) >= 11 is 0. The highest BCUT2D eigenvalue weighted by molar-refractivity contribution is 5.73. The van der Waals surface area contributed by atoms with Crippen molar-refractivity contribution in [3.8, 4) is 0 Å². The maximum Gasteiger partial charge on any atom is -0.0112 e. The molecule has 1 aromatic rings. The molecule has 0 amide bonds. The quantitative estimate of drug-likeness (QED) is 0.641. The molecule has 0 aromatic heterocycles. The van der Waals surface area contributed by atoms with E-state index in [0.29, 0.717) is 0 Å². The summed E-state index contributed by atoms with van der Waals surface area (Å²) in [5.74, 6) is 0. The van der Waals surface area contributed by atoms with E-state index < -0.39 is 0 Å². The van der Waals surface area contributed by atoms with Crippen LogP contribution in [0.15, 0.2) is 65.3 Å². The second-order valence-electron chi connectivity index (χ2n) is 6.40. The third-order valence-corrected chi connectivity index (χ3v) is 4.17. The lowest BCUT2D eigenvalue weighted by molar-refractivity contribution is 1.10. The van der Waals surface area contributed by atoms with E-state index in [0.717, 1.165) is 17.2 Å². The molecule has 0 bridgehead atoms. The molecule has 0 saturated carbocycles. The van der Waals surface area contributed by atoms with Crippen LogP contribution in [0.4, 0.5) is 0 Å². The Kier molecular flexibility index (Phi) is 7.03. The molecule has 0 saturated heterocycles. The molecule has 0 spiro atoms. The normalized spacial score (nSPS) is 14.8. The highest BCUT2D eigenvalue weighted by Crippen LogP contribution is 2.16. The smallest absolute Gasteiger partial charge is 0.0112 e. The zero-order valence-corrected chi connectivity index (χ0v) is 15.6. The lowest BCUT2D eigenvalue weighted by Crippen LogP contribution is -2.25. The van der Waals surface area contributed by atoms with Crippen LogP contribution in [0, 0.1) is 6.92 Å². The summed E-state index contributed by atoms with van der Waals surface area (Å²) in [6.45, 7) is 21.2. The summed E-state index contributed by atoms with van der Waals surface area (Å²) in [6.07, 6.45) is 7.71. The zero-order chi connectivity index (χ0) is 17.6. The summed E-state index contributed by atoms with van der Waals surface area (Å²) < 4.78 is 0. The highest BCUT2D eigenvalue weighted by atomic mass is 14.1. The molecule has 122 valence electrons. The van der Waals surface area contributed by atoms with Crippen molar-refractivity contribution >= 4 is 12.2 Å². The van der Waals surface area contributed by atoms with Gasteiger partial charge in [-0.25, -0.2) is 0 Å². The van der Waals surface area contributed by atoms with Crippen LogP contribution in [0.3, 0.4) is 0 Å². The average Bonchev–Trinajstić information content (AvgIpc) is 2.51. The molecule has 1 aromatic carbocycles. The van der Waals surface area contributed by atoms with Crippen LogP contribution >= 0.6 is 0 Å². The number of hydrogen-bond donors (Lipinski definition) is 0. The Labute approximate surface area is 141 Å². The Morgan fingerprint density at radius 3 is 2.26 bits per heavy atom. The van der Waals surface area contributed by atoms with E-state index in [1.807, 2.05) is 0 Å². The largest absolute Gasteiger partial charge is 0.0955 e. The molecule has 0 aliphatic rings. The van der Waals surface area contributed by atoms with Crippen molar-refractivity contribution < 1.29 is 0 Å². The Morgan fingerprint density at radius 2 is 1.70 bits per heavy atom. The van der Waals surface area contributed by atoms with Crippen molar-refractivity contribution in [2.24, 2.45) is 0 Å². The van der Waals surface area contributed by atoms with Gasteiger partial charge in [-0.2, -0.15) is 0 Å². The number of hydrogen-bond acceptors (Lipinski definition) is 0. The van der Waals surface area contributed by atoms with Crippen molar-refractivity contribution in [3.05, 3.63) is 81.3 Å². The minimum Gasteiger partial charge on any atom is -0.0955 e. The number of benzene rings is 1. The van der Waals surface area contributed by atoms with E-state index in [2.05, 4.69) is 91.1 Å². The molecule has 0 aliphatic carbocycles. The standard InChI is InChI=1S/C23H30/c1-9-17(4)10-12-19(6)21(8)15-22(16(2)3)23-14-18(5)11-13-20(23)7/h10-15H,2,7,9H2,1,3-6,8H3/b17-10-,19-12+,21-15+,23-22+. The van der Waals surface area contributed by atoms with Crippen LogP contribution in [0.25, 0.3) is 12.2 Å². The molecule has 0 unspecified atom stereocenters. The van der Waals surface area contributed by atoms with Gasteiger partial charge in [-0.3, -0.25) is 0 Å². The van der Waals surface area contributed by atoms with E-state index in [4.69, 9.17) is 0 Å². The van der Waals surface area contributed by atoms with Crippen LogP contribution in [0.2, 0.25) is 0 Å². The van der Waals surface area contributed by atoms with Gasteiger partial charge in [0, 0.05) is 0 Å². The molecule has 0 aliphatic heterocycles. The van der Waals surface area contributed by atoms with Crippen LogP contribution in [-0.2, 0) is 0 Å². The SMILES string of the molecule is C=C(C)C(/C=C(C)/C(C)=C/C=C(/C)CC)=c1\cc(C)ccc1=C. The minimum absolute atomic E-state index is 1.04. The summed E-state index contributed by atoms with van der Waals surface area (Å²) in [4.78, 5) is 0. The Bertz CT molecular complexity index is 780. The number of allylic oxidation sites excluding steroid dienone is 7. The van der Waals surface area contributed by atoms with Gasteiger partial charge in [0.1, 0.15) is 0 Å². The summed E-state index contributed by atoms with van der Waals surface area (Å²) in [5, 5.41) is 2.21. The first-order chi connectivity index (χ1) is 10.8. The summed E-state index contributed by atoms with van der Waals surface area (Å²) in [6, 6.07) is 6.37. The Hall–Kier alpha value is -2.08. The van der Waals surface area contributed by atoms with Crippen molar-refractivity contribution in [2.75, 3.05) is 0 Å². The van der Waals surface area contributed by atoms with Gasteiger partial charge in [0.05, 0.1) is 0 Å². The van der Waals surface area contributed by atoms with E-state index in [1.54, 1.807) is 0 Å². The van der Waals surface area contributed by atoms with E-state index in [-0.39, 0.29) is 0 Å². The molecule has 0 nitrogen and oxygen atoms in total. The topological polar surface area (TPSA) is 0 Å². The van der Waals surface area contributed by atoms with Crippen LogP contribution < -0.4 is 10.4 Å². The first-order valence-corrected chi connectivity index (χ1v) is 8.24. The zero-order valence-electron chi connectivity index (χ0n) is 15.6. The lowest BCUT2D eigenvalue weighted by atomic mass is 9.98. The summed E-state index contributed by atoms with van der Waals surface area (Å²) in [5.41, 5.74) is 7.39. The average molecular weight is 306 g/mol. The molecule has 0 radical (unpaired) electrons. The second kappa shape index (κ2) is 8.53. The van der Waals surface area contributed by atoms with Crippen molar-refractivity contribution in [1.82, 2.24) is 0 Å². The van der Waals surface area contributed by atoms with Crippen LogP contribution in [0.5, 0.6) is 0 Å². The Balaban J connectivity index is 3.47. The number of aryl methyl sites for hydroxylation is 1. The minimum atomic E-state index is 1.04. The molecule has 0 N–H and O–H groups in total. The van der Waals surface area contributed by atoms with Crippen molar-refractivity contribution in [3.63, 3.8) is 0 Å². The molecule has 1 rings (SSSR count). The fourth-order valence-electron chi connectivity index (χ4n) is 2.22. The lowest BCUT2D eigenvalue weighted by Gasteiger charge is -2.07. The third-order valence-electron chi connectivity index (χ3n) is 4.17. The highest BCUT2D eigenvalue weighted by Gasteiger charge is 2.01. The van der Waals surface area contributed by atoms with Gasteiger partial charge < -0.3 is 0 Å². The fourth-order valence-corrected chi connectivity index (χ4v) is 2.22. The first-order valence-electron chi connectivity index (χ1n) is 8.24. The van der Waals surface area contributed by atoms with Crippen LogP contribution in [-0.4, -0.2) is 0 Å². The van der Waals surface area contributed by atoms with Crippen molar-refractivity contribution in [2.45, 2.75) is 48.0 Å². The third kappa shape index (κ3) is 5.56. The van der Waals surface area contributed by atoms with E-state index in [1.165, 1.54) is 33.1 Å². The maximum absolute atomic E-state index is 4.17. The molecular formula is C23H30. The van der Waals surface area contributed by atoms with Gasteiger partial charge in [0.2, 0.25) is 0 Å². The predicted molar refractivity (Wildman–Crippen MR) is 106 cm³/mol. The molecule has 0 heterocycles. The van der Waals surface area contributed by atoms with Crippen LogP contribution in [0.1, 0.15) is 46.6 Å². The van der Waals surface area contributed by atoms with E-state index >= 15 is 0 Å². The molecular weight excluding hydrogens is 276 g/mol. The fraction of sp³-hybridized carbons (Fsp3) is 0.304. The molecule has 0 atom stereocenters. The van der Waals surface area contributed by atoms with Gasteiger partial charge >= 0.3 is 0 Å². The molecule has 0 fully saturated rings. The first kappa shape index (κ1) is 19.0. The van der Waals surface area contributed by atoms with Gasteiger partial charge in [0.15, 0.2) is 0 Å². The number of rotatable bonds is 5. The molecule has 0 heteroatoms. The van der Waals surface area contributed by atoms with E-state index in [9.17, 15) is 0 Å². The Morgan fingerprint density at radius 1 is 1.04 bits per heavy atom. The van der Waals surface area contributed by atoms with Gasteiger partial charge in [-0.1, -0.05) is 73.2 Å². The van der Waals surface area contributed by atoms with Gasteiger partial charge in [-0.05, 0) is 68.2 Å². The monoisotopic (exact) mass is 306 g/mol. The summed E-state index contributed by atoms with van der Waals surface area (Å²) in [7, 11) is 0. The maximum atomic E-state index is 4.17. The van der Waals surface area contributed by atoms with Crippen molar-refractivity contribution in [1.29, 1.82) is 0 Å². The predicted octanol–water partition coefficient (Wildman–Crippen LogP) is 5.38. The second-order valence-corrected chi connectivity index (χ2v) is 6.40. The molecule has 23 heavy (non-hydrogen) atoms.